The van der Waals surface area contributed by atoms with E-state index in [1.807, 2.05) is 51.1 Å². The Morgan fingerprint density at radius 1 is 1.26 bits per heavy atom. The van der Waals surface area contributed by atoms with Crippen LogP contribution in [0.2, 0.25) is 0 Å². The van der Waals surface area contributed by atoms with Gasteiger partial charge in [-0.1, -0.05) is 56.3 Å². The predicted octanol–water partition coefficient (Wildman–Crippen LogP) is 4.61. The number of hydrogen-bond acceptors (Lipinski definition) is 4. The maximum atomic E-state index is 13.3. The second-order valence-electron chi connectivity index (χ2n) is 8.35. The number of ether oxygens (including phenoxy) is 1. The van der Waals surface area contributed by atoms with Crippen LogP contribution in [0.3, 0.4) is 0 Å². The normalized spacial score (nSPS) is 23.7. The summed E-state index contributed by atoms with van der Waals surface area (Å²) in [6.07, 6.45) is 2.88. The van der Waals surface area contributed by atoms with Crippen LogP contribution in [-0.2, 0) is 9.53 Å². The van der Waals surface area contributed by atoms with Gasteiger partial charge in [0.25, 0.3) is 5.91 Å². The number of rotatable bonds is 3. The molecule has 146 valence electrons. The van der Waals surface area contributed by atoms with Crippen molar-refractivity contribution in [1.29, 1.82) is 0 Å². The summed E-state index contributed by atoms with van der Waals surface area (Å²) in [4.78, 5) is 32.4. The number of aliphatic imine (C=N–C) groups is 1. The quantitative estimate of drug-likeness (QED) is 0.730. The zero-order valence-corrected chi connectivity index (χ0v) is 17.3. The van der Waals surface area contributed by atoms with Crippen LogP contribution in [0, 0.1) is 5.92 Å². The highest BCUT2D eigenvalue weighted by Gasteiger charge is 2.49. The third kappa shape index (κ3) is 4.46. The summed E-state index contributed by atoms with van der Waals surface area (Å²) in [6.45, 7) is 12.9. The lowest BCUT2D eigenvalue weighted by atomic mass is 9.86. The number of carbonyl (C=O) groups is 2. The SMILES string of the molecule is C/C=C/[C@]1(C)N=C(c2ccccc2)[C@@H](C(C)C)N(C(=O)OC(C)(C)C)C1=O. The molecule has 0 unspecified atom stereocenters. The largest absolute Gasteiger partial charge is 0.443 e. The molecule has 0 saturated carbocycles. The monoisotopic (exact) mass is 370 g/mol. The van der Waals surface area contributed by atoms with Crippen LogP contribution in [0.4, 0.5) is 4.79 Å². The molecular weight excluding hydrogens is 340 g/mol. The van der Waals surface area contributed by atoms with Crippen LogP contribution in [0.5, 0.6) is 0 Å². The molecule has 0 aliphatic carbocycles. The third-order valence-corrected chi connectivity index (χ3v) is 4.35. The molecule has 1 aromatic rings. The molecular formula is C22H30N2O3. The van der Waals surface area contributed by atoms with Crippen LogP contribution in [0.15, 0.2) is 47.5 Å². The van der Waals surface area contributed by atoms with Gasteiger partial charge in [-0.05, 0) is 46.1 Å². The summed E-state index contributed by atoms with van der Waals surface area (Å²) in [7, 11) is 0. The van der Waals surface area contributed by atoms with E-state index in [1.54, 1.807) is 39.8 Å². The first kappa shape index (κ1) is 20.9. The van der Waals surface area contributed by atoms with E-state index in [0.29, 0.717) is 0 Å². The summed E-state index contributed by atoms with van der Waals surface area (Å²) in [5.41, 5.74) is -0.232. The average molecular weight is 370 g/mol. The molecule has 0 saturated heterocycles. The van der Waals surface area contributed by atoms with Crippen molar-refractivity contribution in [1.82, 2.24) is 4.90 Å². The molecule has 0 bridgehead atoms. The molecule has 5 heteroatoms. The van der Waals surface area contributed by atoms with E-state index in [9.17, 15) is 9.59 Å². The van der Waals surface area contributed by atoms with Gasteiger partial charge in [-0.25, -0.2) is 9.69 Å². The predicted molar refractivity (Wildman–Crippen MR) is 108 cm³/mol. The van der Waals surface area contributed by atoms with Gasteiger partial charge in [0.2, 0.25) is 0 Å². The number of hydrogen-bond donors (Lipinski definition) is 0. The fourth-order valence-corrected chi connectivity index (χ4v) is 3.26. The van der Waals surface area contributed by atoms with Crippen molar-refractivity contribution in [3.8, 4) is 0 Å². The maximum absolute atomic E-state index is 13.3. The molecule has 0 aromatic heterocycles. The number of benzene rings is 1. The highest BCUT2D eigenvalue weighted by Crippen LogP contribution is 2.32. The van der Waals surface area contributed by atoms with Crippen molar-refractivity contribution >= 4 is 17.7 Å². The minimum absolute atomic E-state index is 0.0180. The molecule has 0 N–H and O–H groups in total. The lowest BCUT2D eigenvalue weighted by Gasteiger charge is -2.42. The highest BCUT2D eigenvalue weighted by molar-refractivity contribution is 6.14. The molecule has 0 radical (unpaired) electrons. The van der Waals surface area contributed by atoms with Gasteiger partial charge in [0, 0.05) is 0 Å². The van der Waals surface area contributed by atoms with Crippen molar-refractivity contribution in [3.63, 3.8) is 0 Å². The van der Waals surface area contributed by atoms with Gasteiger partial charge in [0.15, 0.2) is 5.54 Å². The van der Waals surface area contributed by atoms with Crippen molar-refractivity contribution in [2.24, 2.45) is 10.9 Å². The number of carbonyl (C=O) groups excluding carboxylic acids is 2. The highest BCUT2D eigenvalue weighted by atomic mass is 16.6. The Morgan fingerprint density at radius 2 is 1.85 bits per heavy atom. The smallest absolute Gasteiger partial charge is 0.417 e. The van der Waals surface area contributed by atoms with Gasteiger partial charge in [-0.15, -0.1) is 0 Å². The molecule has 2 amide bonds. The van der Waals surface area contributed by atoms with Gasteiger partial charge in [0.1, 0.15) is 5.60 Å². The van der Waals surface area contributed by atoms with Crippen LogP contribution >= 0.6 is 0 Å². The Labute approximate surface area is 162 Å². The van der Waals surface area contributed by atoms with Crippen molar-refractivity contribution in [2.45, 2.75) is 65.6 Å². The van der Waals surface area contributed by atoms with Gasteiger partial charge in [0.05, 0.1) is 11.8 Å². The molecule has 0 spiro atoms. The van der Waals surface area contributed by atoms with Crippen LogP contribution < -0.4 is 0 Å². The number of imide groups is 1. The first-order chi connectivity index (χ1) is 12.5. The molecule has 2 atom stereocenters. The van der Waals surface area contributed by atoms with E-state index in [1.165, 1.54) is 4.90 Å². The molecule has 0 fully saturated rings. The maximum Gasteiger partial charge on any atom is 0.417 e. The number of nitrogens with zero attached hydrogens (tertiary/aromatic N) is 2. The molecule has 27 heavy (non-hydrogen) atoms. The molecule has 1 aromatic carbocycles. The summed E-state index contributed by atoms with van der Waals surface area (Å²) in [6, 6.07) is 9.19. The van der Waals surface area contributed by atoms with E-state index in [2.05, 4.69) is 0 Å². The molecule has 1 heterocycles. The van der Waals surface area contributed by atoms with Gasteiger partial charge < -0.3 is 4.74 Å². The Hall–Kier alpha value is -2.43. The molecule has 5 nitrogen and oxygen atoms in total. The van der Waals surface area contributed by atoms with Crippen LogP contribution in [0.1, 0.15) is 54.0 Å². The molecule has 1 aliphatic rings. The van der Waals surface area contributed by atoms with E-state index >= 15 is 0 Å². The second kappa shape index (κ2) is 7.67. The van der Waals surface area contributed by atoms with E-state index in [4.69, 9.17) is 9.73 Å². The Morgan fingerprint density at radius 3 is 2.33 bits per heavy atom. The first-order valence-electron chi connectivity index (χ1n) is 9.36. The average Bonchev–Trinajstić information content (AvgIpc) is 2.56. The van der Waals surface area contributed by atoms with Gasteiger partial charge in [-0.2, -0.15) is 0 Å². The first-order valence-corrected chi connectivity index (χ1v) is 9.36. The molecule has 2 rings (SSSR count). The van der Waals surface area contributed by atoms with Crippen LogP contribution in [-0.4, -0.2) is 39.8 Å². The van der Waals surface area contributed by atoms with E-state index in [0.717, 1.165) is 11.3 Å². The lowest BCUT2D eigenvalue weighted by molar-refractivity contribution is -0.136. The number of allylic oxidation sites excluding steroid dienone is 1. The van der Waals surface area contributed by atoms with Gasteiger partial charge >= 0.3 is 6.09 Å². The Balaban J connectivity index is 2.67. The van der Waals surface area contributed by atoms with Crippen molar-refractivity contribution in [2.75, 3.05) is 0 Å². The van der Waals surface area contributed by atoms with Crippen LogP contribution in [0.25, 0.3) is 0 Å². The summed E-state index contributed by atoms with van der Waals surface area (Å²) < 4.78 is 5.57. The van der Waals surface area contributed by atoms with E-state index < -0.39 is 23.3 Å². The van der Waals surface area contributed by atoms with Gasteiger partial charge in [-0.3, -0.25) is 9.79 Å². The second-order valence-corrected chi connectivity index (χ2v) is 8.35. The Kier molecular flexibility index (Phi) is 5.93. The Bertz CT molecular complexity index is 760. The number of amides is 2. The third-order valence-electron chi connectivity index (χ3n) is 4.35. The summed E-state index contributed by atoms with van der Waals surface area (Å²) in [5, 5.41) is 0. The van der Waals surface area contributed by atoms with Crippen molar-refractivity contribution in [3.05, 3.63) is 48.0 Å². The zero-order valence-electron chi connectivity index (χ0n) is 17.3. The van der Waals surface area contributed by atoms with Crippen molar-refractivity contribution < 1.29 is 14.3 Å². The van der Waals surface area contributed by atoms with E-state index in [-0.39, 0.29) is 11.8 Å². The summed E-state index contributed by atoms with van der Waals surface area (Å²) >= 11 is 0. The minimum Gasteiger partial charge on any atom is -0.443 e. The summed E-state index contributed by atoms with van der Waals surface area (Å²) in [5.74, 6) is -0.385. The molecule has 1 aliphatic heterocycles. The zero-order chi connectivity index (χ0) is 20.4. The topological polar surface area (TPSA) is 59.0 Å². The lowest BCUT2D eigenvalue weighted by Crippen LogP contribution is -2.61. The fourth-order valence-electron chi connectivity index (χ4n) is 3.26. The minimum atomic E-state index is -1.15. The standard InChI is InChI=1S/C22H30N2O3/c1-8-14-22(7)19(25)24(20(26)27-21(4,5)6)18(15(2)3)17(23-22)16-12-10-9-11-13-16/h8-15,18H,1-7H3/b14-8+/t18-,22+/m1/s1. The fraction of sp³-hybridized carbons (Fsp3) is 0.500.